The first-order valence-electron chi connectivity index (χ1n) is 37.7. The second-order valence-electron chi connectivity index (χ2n) is 29.7. The van der Waals surface area contributed by atoms with Crippen molar-refractivity contribution < 1.29 is 0 Å². The zero-order valence-electron chi connectivity index (χ0n) is 59.4. The molecule has 5 aliphatic carbocycles. The Labute approximate surface area is 627 Å². The van der Waals surface area contributed by atoms with E-state index in [0.29, 0.717) is 15.8 Å². The number of allylic oxidation sites excluding steroid dienone is 15. The summed E-state index contributed by atoms with van der Waals surface area (Å²) in [6.07, 6.45) is 36.9. The summed E-state index contributed by atoms with van der Waals surface area (Å²) in [6, 6.07) is 99.8. The lowest BCUT2D eigenvalue weighted by Crippen LogP contribution is -2.31. The molecule has 0 amide bonds. The van der Waals surface area contributed by atoms with Gasteiger partial charge < -0.3 is 19.3 Å². The largest absolute Gasteiger partial charge is 0.315 e. The Balaban J connectivity index is 0.820. The van der Waals surface area contributed by atoms with Gasteiger partial charge >= 0.3 is 0 Å². The zero-order chi connectivity index (χ0) is 69.7. The second-order valence-corrected chi connectivity index (χ2v) is 31.3. The highest BCUT2D eigenvalue weighted by atomic mass is 127. The molecule has 1 saturated carbocycles. The van der Waals surface area contributed by atoms with Gasteiger partial charge in [0.15, 0.2) is 0 Å². The summed E-state index contributed by atoms with van der Waals surface area (Å²) in [6.45, 7) is 4.82. The van der Waals surface area contributed by atoms with Gasteiger partial charge in [0.1, 0.15) is 0 Å². The molecule has 3 atom stereocenters. The maximum atomic E-state index is 2.82. The lowest BCUT2D eigenvalue weighted by atomic mass is 9.73. The van der Waals surface area contributed by atoms with E-state index in [1.807, 2.05) is 0 Å². The molecule has 11 aromatic carbocycles. The van der Waals surface area contributed by atoms with Crippen molar-refractivity contribution in [3.63, 3.8) is 0 Å². The van der Waals surface area contributed by atoms with Gasteiger partial charge in [0.2, 0.25) is 0 Å². The summed E-state index contributed by atoms with van der Waals surface area (Å²) in [5, 5.41) is 2.48. The Hall–Kier alpha value is -10.7. The predicted molar refractivity (Wildman–Crippen MR) is 449 cm³/mol. The highest BCUT2D eigenvalue weighted by Crippen LogP contribution is 2.52. The van der Waals surface area contributed by atoms with Gasteiger partial charge in [-0.25, -0.2) is 0 Å². The SMILES string of the molecule is CC1(C)c2ccccc2-n2c3ccc(N(c4ccc(N(C5=CC(C6CCCCC6I)CC(C6=CC=CCC6)=C5)C5=CC=C(C6=CC=CCC6)CC5)cc4)c4ccc(N(c5ccc(-c6ccccc6)cc5)c5cc(-c6ccccc6)cc(-c6ccccc6)c5)cc4)cc3c3cc(-c4ccccc4)cc1c32. The Morgan fingerprint density at radius 3 is 1.43 bits per heavy atom. The van der Waals surface area contributed by atoms with Gasteiger partial charge in [0, 0.05) is 71.3 Å². The van der Waals surface area contributed by atoms with Crippen molar-refractivity contribution in [2.24, 2.45) is 11.8 Å². The van der Waals surface area contributed by atoms with Crippen LogP contribution in [0.15, 0.2) is 361 Å². The Morgan fingerprint density at radius 2 is 0.875 bits per heavy atom. The predicted octanol–water partition coefficient (Wildman–Crippen LogP) is 27.8. The van der Waals surface area contributed by atoms with E-state index < -0.39 is 0 Å². The van der Waals surface area contributed by atoms with E-state index in [4.69, 9.17) is 0 Å². The van der Waals surface area contributed by atoms with Gasteiger partial charge in [0.25, 0.3) is 0 Å². The quantitative estimate of drug-likeness (QED) is 0.0708. The van der Waals surface area contributed by atoms with Crippen LogP contribution < -0.4 is 14.7 Å². The minimum atomic E-state index is -0.249. The number of aromatic nitrogens is 1. The molecule has 3 unspecified atom stereocenters. The lowest BCUT2D eigenvalue weighted by molar-refractivity contribution is 0.301. The van der Waals surface area contributed by atoms with Crippen LogP contribution in [0.4, 0.5) is 39.8 Å². The Morgan fingerprint density at radius 1 is 0.385 bits per heavy atom. The highest BCUT2D eigenvalue weighted by Gasteiger charge is 2.37. The fraction of sp³-hybridized carbons (Fsp3) is 0.172. The number of hydrogen-bond donors (Lipinski definition) is 0. The molecule has 104 heavy (non-hydrogen) atoms. The van der Waals surface area contributed by atoms with Gasteiger partial charge in [-0.3, -0.25) is 0 Å². The van der Waals surface area contributed by atoms with E-state index >= 15 is 0 Å². The van der Waals surface area contributed by atoms with Gasteiger partial charge in [-0.2, -0.15) is 0 Å². The third-order valence-corrected chi connectivity index (χ3v) is 24.6. The lowest BCUT2D eigenvalue weighted by Gasteiger charge is -2.39. The molecular weight excluding hydrogens is 1370 g/mol. The average Bonchev–Trinajstić information content (AvgIpc) is 1.51. The monoisotopic (exact) mass is 1460 g/mol. The molecule has 0 radical (unpaired) electrons. The first kappa shape index (κ1) is 65.3. The van der Waals surface area contributed by atoms with Crippen LogP contribution in [0.25, 0.3) is 72.0 Å². The summed E-state index contributed by atoms with van der Waals surface area (Å²) in [5.74, 6) is 1.10. The summed E-state index contributed by atoms with van der Waals surface area (Å²) in [4.78, 5) is 7.60. The number of hydrogen-bond acceptors (Lipinski definition) is 3. The summed E-state index contributed by atoms with van der Waals surface area (Å²) in [7, 11) is 0. The van der Waals surface area contributed by atoms with Crippen molar-refractivity contribution in [3.05, 3.63) is 372 Å². The molecule has 508 valence electrons. The first-order chi connectivity index (χ1) is 51.2. The van der Waals surface area contributed by atoms with Gasteiger partial charge in [-0.15, -0.1) is 0 Å². The molecular formula is C99H85IN4. The molecule has 0 bridgehead atoms. The second kappa shape index (κ2) is 28.1. The molecule has 4 nitrogen and oxygen atoms in total. The fourth-order valence-corrected chi connectivity index (χ4v) is 19.0. The minimum absolute atomic E-state index is 0.249. The van der Waals surface area contributed by atoms with Crippen molar-refractivity contribution in [2.45, 2.75) is 93.8 Å². The van der Waals surface area contributed by atoms with Crippen molar-refractivity contribution in [1.82, 2.24) is 4.57 Å². The van der Waals surface area contributed by atoms with E-state index in [-0.39, 0.29) is 5.41 Å². The number of anilines is 7. The van der Waals surface area contributed by atoms with Crippen molar-refractivity contribution in [1.29, 1.82) is 0 Å². The number of alkyl halides is 1. The maximum absolute atomic E-state index is 2.82. The zero-order valence-corrected chi connectivity index (χ0v) is 61.5. The van der Waals surface area contributed by atoms with Crippen LogP contribution in [0.5, 0.6) is 0 Å². The molecule has 0 saturated heterocycles. The summed E-state index contributed by atoms with van der Waals surface area (Å²) >= 11 is 2.82. The van der Waals surface area contributed by atoms with Gasteiger partial charge in [-0.05, 0) is 275 Å². The Kier molecular flexibility index (Phi) is 17.7. The normalized spacial score (nSPS) is 18.2. The molecule has 1 aliphatic heterocycles. The standard InChI is InChI=1S/C99H85IN4/c1-99(2)93-38-22-24-40-97(93)104-96-58-57-87(67-91(96)92-65-79(66-94(99)98(92)104)73-35-19-8-20-36-73)101(83-49-53-85(54-50-83)102(81-45-41-74(42-46-81)68-25-9-3-10-26-68)88-61-76(70-29-13-5-14-30-70)59-77(62-88)71-31-15-6-16-32-71)84-51-55-86(56-52-84)103(82-47-43-75(44-48-82)69-27-11-4-12-28-69)89-63-78(72-33-17-7-18-34-72)60-80(64-89)90-37-21-23-39-95(90)100/h3-11,13-17,19-20,22,24-27,29-33,35-36,38,40-43,45-47,49-59,61-67,80,90,95H,12,18,21,23,28,34,37,39,44,48,60H2,1-2H3. The molecule has 2 heterocycles. The van der Waals surface area contributed by atoms with Crippen LogP contribution in [0.2, 0.25) is 0 Å². The number of halogens is 1. The van der Waals surface area contributed by atoms with Crippen molar-refractivity contribution in [2.75, 3.05) is 14.7 Å². The van der Waals surface area contributed by atoms with Crippen LogP contribution >= 0.6 is 22.6 Å². The van der Waals surface area contributed by atoms with Gasteiger partial charge in [-0.1, -0.05) is 250 Å². The van der Waals surface area contributed by atoms with Crippen LogP contribution in [0.1, 0.15) is 95.6 Å². The van der Waals surface area contributed by atoms with Crippen LogP contribution in [0.3, 0.4) is 0 Å². The molecule has 1 aromatic heterocycles. The minimum Gasteiger partial charge on any atom is -0.315 e. The van der Waals surface area contributed by atoms with E-state index in [1.165, 1.54) is 137 Å². The summed E-state index contributed by atoms with van der Waals surface area (Å²) < 4.78 is 3.22. The topological polar surface area (TPSA) is 14.7 Å². The third kappa shape index (κ3) is 12.5. The molecule has 18 rings (SSSR count). The van der Waals surface area contributed by atoms with Crippen molar-refractivity contribution >= 4 is 84.2 Å². The molecule has 0 N–H and O–H groups in total. The number of nitrogens with zero attached hydrogens (tertiary/aromatic N) is 4. The van der Waals surface area contributed by atoms with E-state index in [0.717, 1.165) is 90.2 Å². The van der Waals surface area contributed by atoms with Crippen LogP contribution in [-0.2, 0) is 5.41 Å². The third-order valence-electron chi connectivity index (χ3n) is 23.0. The van der Waals surface area contributed by atoms with E-state index in [9.17, 15) is 0 Å². The smallest absolute Gasteiger partial charge is 0.0582 e. The molecule has 0 spiro atoms. The number of rotatable bonds is 16. The fourth-order valence-electron chi connectivity index (χ4n) is 17.7. The van der Waals surface area contributed by atoms with Gasteiger partial charge in [0.05, 0.1) is 16.7 Å². The number of para-hydroxylation sites is 1. The first-order valence-corrected chi connectivity index (χ1v) is 39.0. The van der Waals surface area contributed by atoms with E-state index in [1.54, 1.807) is 0 Å². The average molecular weight is 1460 g/mol. The van der Waals surface area contributed by atoms with Crippen LogP contribution in [-0.4, -0.2) is 8.49 Å². The molecule has 1 fully saturated rings. The maximum Gasteiger partial charge on any atom is 0.0582 e. The molecule has 12 aromatic rings. The van der Waals surface area contributed by atoms with Crippen molar-refractivity contribution in [3.8, 4) is 50.2 Å². The highest BCUT2D eigenvalue weighted by molar-refractivity contribution is 14.1. The van der Waals surface area contributed by atoms with E-state index in [2.05, 4.69) is 383 Å². The van der Waals surface area contributed by atoms with Crippen LogP contribution in [0, 0.1) is 11.8 Å². The Bertz CT molecular complexity index is 5430. The number of benzene rings is 11. The molecule has 5 heteroatoms. The molecule has 6 aliphatic rings. The summed E-state index contributed by atoms with van der Waals surface area (Å²) in [5.41, 5.74) is 31.8. The number of fused-ring (bicyclic) bond motifs is 5.